The van der Waals surface area contributed by atoms with Crippen molar-refractivity contribution in [3.05, 3.63) is 29.6 Å². The van der Waals surface area contributed by atoms with Crippen molar-refractivity contribution in [1.29, 1.82) is 0 Å². The van der Waals surface area contributed by atoms with E-state index in [1.54, 1.807) is 0 Å². The predicted octanol–water partition coefficient (Wildman–Crippen LogP) is 1.15. The summed E-state index contributed by atoms with van der Waals surface area (Å²) >= 11 is 0. The first kappa shape index (κ1) is 13.8. The molecule has 1 aromatic rings. The Labute approximate surface area is 102 Å². The van der Waals surface area contributed by atoms with Gasteiger partial charge in [-0.2, -0.15) is 0 Å². The van der Waals surface area contributed by atoms with Gasteiger partial charge in [0, 0.05) is 0 Å². The maximum atomic E-state index is 13.0. The van der Waals surface area contributed by atoms with Gasteiger partial charge in [0.1, 0.15) is 11.6 Å². The summed E-state index contributed by atoms with van der Waals surface area (Å²) in [6.07, 6.45) is -0.688. The minimum Gasteiger partial charge on any atom is -0.496 e. The second-order valence-corrected chi connectivity index (χ2v) is 3.36. The lowest BCUT2D eigenvalue weighted by Crippen LogP contribution is -2.19. The van der Waals surface area contributed by atoms with E-state index in [4.69, 9.17) is 4.74 Å². The van der Waals surface area contributed by atoms with Crippen molar-refractivity contribution in [1.82, 2.24) is 0 Å². The monoisotopic (exact) mass is 254 g/mol. The van der Waals surface area contributed by atoms with E-state index in [1.807, 2.05) is 0 Å². The number of ether oxygens (including phenoxy) is 2. The standard InChI is InChI=1S/C12H11FO5/c1-17-11-4-3-7(13)5-8(11)9(14)6-10(15)12(16)18-2/h3-5H,6H2,1-2H3. The van der Waals surface area contributed by atoms with Gasteiger partial charge in [0.25, 0.3) is 0 Å². The van der Waals surface area contributed by atoms with Gasteiger partial charge in [0.2, 0.25) is 5.78 Å². The lowest BCUT2D eigenvalue weighted by molar-refractivity contribution is -0.151. The molecule has 0 saturated heterocycles. The zero-order chi connectivity index (χ0) is 13.7. The number of methoxy groups -OCH3 is 2. The second-order valence-electron chi connectivity index (χ2n) is 3.36. The third kappa shape index (κ3) is 3.13. The number of carbonyl (C=O) groups is 3. The molecule has 0 heterocycles. The molecule has 0 unspecified atom stereocenters. The molecule has 0 atom stereocenters. The normalized spacial score (nSPS) is 9.72. The molecule has 0 fully saturated rings. The van der Waals surface area contributed by atoms with Gasteiger partial charge in [-0.05, 0) is 18.2 Å². The molecule has 0 aromatic heterocycles. The largest absolute Gasteiger partial charge is 0.496 e. The first-order valence-corrected chi connectivity index (χ1v) is 4.97. The van der Waals surface area contributed by atoms with Crippen LogP contribution in [-0.2, 0) is 14.3 Å². The first-order chi connectivity index (χ1) is 8.49. The number of rotatable bonds is 5. The summed E-state index contributed by atoms with van der Waals surface area (Å²) in [6, 6.07) is 3.34. The van der Waals surface area contributed by atoms with Gasteiger partial charge < -0.3 is 9.47 Å². The van der Waals surface area contributed by atoms with Crippen LogP contribution >= 0.6 is 0 Å². The fraction of sp³-hybridized carbons (Fsp3) is 0.250. The number of hydrogen-bond donors (Lipinski definition) is 0. The lowest BCUT2D eigenvalue weighted by atomic mass is 10.0. The van der Waals surface area contributed by atoms with Crippen LogP contribution in [0.5, 0.6) is 5.75 Å². The van der Waals surface area contributed by atoms with Gasteiger partial charge in [-0.1, -0.05) is 0 Å². The molecule has 0 spiro atoms. The summed E-state index contributed by atoms with van der Waals surface area (Å²) in [5, 5.41) is 0. The summed E-state index contributed by atoms with van der Waals surface area (Å²) in [7, 11) is 2.35. The van der Waals surface area contributed by atoms with E-state index in [-0.39, 0.29) is 11.3 Å². The quantitative estimate of drug-likeness (QED) is 0.341. The Balaban J connectivity index is 2.93. The average Bonchev–Trinajstić information content (AvgIpc) is 2.37. The molecular weight excluding hydrogens is 243 g/mol. The van der Waals surface area contributed by atoms with Crippen molar-refractivity contribution in [3.8, 4) is 5.75 Å². The molecule has 0 aliphatic carbocycles. The van der Waals surface area contributed by atoms with E-state index >= 15 is 0 Å². The number of carbonyl (C=O) groups excluding carboxylic acids is 3. The van der Waals surface area contributed by atoms with Crippen LogP contribution in [0, 0.1) is 5.82 Å². The van der Waals surface area contributed by atoms with E-state index < -0.39 is 29.8 Å². The van der Waals surface area contributed by atoms with E-state index in [9.17, 15) is 18.8 Å². The highest BCUT2D eigenvalue weighted by atomic mass is 19.1. The third-order valence-corrected chi connectivity index (χ3v) is 2.20. The van der Waals surface area contributed by atoms with Crippen LogP contribution in [0.4, 0.5) is 4.39 Å². The lowest BCUT2D eigenvalue weighted by Gasteiger charge is -2.06. The van der Waals surface area contributed by atoms with E-state index in [1.165, 1.54) is 13.2 Å². The van der Waals surface area contributed by atoms with Crippen LogP contribution in [0.15, 0.2) is 18.2 Å². The van der Waals surface area contributed by atoms with Crippen LogP contribution < -0.4 is 4.74 Å². The Morgan fingerprint density at radius 2 is 1.89 bits per heavy atom. The molecule has 0 saturated carbocycles. The van der Waals surface area contributed by atoms with E-state index in [0.29, 0.717) is 0 Å². The number of hydrogen-bond acceptors (Lipinski definition) is 5. The van der Waals surface area contributed by atoms with Crippen LogP contribution in [0.2, 0.25) is 0 Å². The van der Waals surface area contributed by atoms with Gasteiger partial charge >= 0.3 is 5.97 Å². The fourth-order valence-electron chi connectivity index (χ4n) is 1.33. The molecule has 0 N–H and O–H groups in total. The molecule has 0 aliphatic heterocycles. The highest BCUT2D eigenvalue weighted by Crippen LogP contribution is 2.21. The van der Waals surface area contributed by atoms with Crippen molar-refractivity contribution in [2.75, 3.05) is 14.2 Å². The highest BCUT2D eigenvalue weighted by Gasteiger charge is 2.21. The van der Waals surface area contributed by atoms with Crippen molar-refractivity contribution in [3.63, 3.8) is 0 Å². The molecular formula is C12H11FO5. The second kappa shape index (κ2) is 5.90. The summed E-state index contributed by atoms with van der Waals surface area (Å²) in [4.78, 5) is 33.8. The Bertz CT molecular complexity index is 495. The number of ketones is 2. The molecule has 5 nitrogen and oxygen atoms in total. The molecule has 0 bridgehead atoms. The molecule has 1 rings (SSSR count). The van der Waals surface area contributed by atoms with Crippen molar-refractivity contribution in [2.45, 2.75) is 6.42 Å². The zero-order valence-electron chi connectivity index (χ0n) is 9.86. The predicted molar refractivity (Wildman–Crippen MR) is 58.9 cm³/mol. The van der Waals surface area contributed by atoms with Gasteiger partial charge in [-0.25, -0.2) is 9.18 Å². The molecule has 0 amide bonds. The Hall–Kier alpha value is -2.24. The van der Waals surface area contributed by atoms with Crippen LogP contribution in [-0.4, -0.2) is 31.8 Å². The fourth-order valence-corrected chi connectivity index (χ4v) is 1.33. The molecule has 1 aromatic carbocycles. The molecule has 96 valence electrons. The van der Waals surface area contributed by atoms with Crippen molar-refractivity contribution in [2.24, 2.45) is 0 Å². The SMILES string of the molecule is COC(=O)C(=O)CC(=O)c1cc(F)ccc1OC. The summed E-state index contributed by atoms with van der Waals surface area (Å²) in [5.41, 5.74) is -0.0882. The number of Topliss-reactive ketones (excluding diaryl/α,β-unsaturated/α-hetero) is 2. The minimum absolute atomic E-state index is 0.0882. The van der Waals surface area contributed by atoms with Gasteiger partial charge in [0.05, 0.1) is 26.2 Å². The van der Waals surface area contributed by atoms with Crippen LogP contribution in [0.1, 0.15) is 16.8 Å². The summed E-state index contributed by atoms with van der Waals surface area (Å²) in [6.45, 7) is 0. The van der Waals surface area contributed by atoms with Crippen LogP contribution in [0.25, 0.3) is 0 Å². The number of halogens is 1. The highest BCUT2D eigenvalue weighted by molar-refractivity contribution is 6.38. The number of benzene rings is 1. The molecule has 0 radical (unpaired) electrons. The Kier molecular flexibility index (Phi) is 4.53. The Morgan fingerprint density at radius 1 is 1.22 bits per heavy atom. The third-order valence-electron chi connectivity index (χ3n) is 2.20. The summed E-state index contributed by atoms with van der Waals surface area (Å²) in [5.74, 6) is -3.31. The van der Waals surface area contributed by atoms with Crippen molar-refractivity contribution < 1.29 is 28.2 Å². The average molecular weight is 254 g/mol. The van der Waals surface area contributed by atoms with E-state index in [0.717, 1.165) is 19.2 Å². The molecule has 6 heteroatoms. The van der Waals surface area contributed by atoms with Crippen molar-refractivity contribution >= 4 is 17.5 Å². The zero-order valence-corrected chi connectivity index (χ0v) is 9.86. The van der Waals surface area contributed by atoms with Gasteiger partial charge in [-0.15, -0.1) is 0 Å². The molecule has 0 aliphatic rings. The minimum atomic E-state index is -1.11. The number of esters is 1. The smallest absolute Gasteiger partial charge is 0.374 e. The molecule has 18 heavy (non-hydrogen) atoms. The van der Waals surface area contributed by atoms with Gasteiger partial charge in [-0.3, -0.25) is 9.59 Å². The first-order valence-electron chi connectivity index (χ1n) is 4.97. The topological polar surface area (TPSA) is 69.7 Å². The van der Waals surface area contributed by atoms with E-state index in [2.05, 4.69) is 4.74 Å². The maximum absolute atomic E-state index is 13.0. The van der Waals surface area contributed by atoms with Crippen LogP contribution in [0.3, 0.4) is 0 Å². The maximum Gasteiger partial charge on any atom is 0.374 e. The Morgan fingerprint density at radius 3 is 2.44 bits per heavy atom. The summed E-state index contributed by atoms with van der Waals surface area (Å²) < 4.78 is 22.1. The van der Waals surface area contributed by atoms with Gasteiger partial charge in [0.15, 0.2) is 5.78 Å².